The van der Waals surface area contributed by atoms with Gasteiger partial charge in [-0.05, 0) is 38.4 Å². The molecule has 0 saturated heterocycles. The van der Waals surface area contributed by atoms with Crippen LogP contribution in [0.15, 0.2) is 22.7 Å². The fourth-order valence-corrected chi connectivity index (χ4v) is 2.35. The molecule has 118 valence electrons. The SMILES string of the molecule is Cc1onc(-c2c(F)cccc2Cl)c1C(=O)NCCCCN. The number of unbranched alkanes of at least 4 members (excludes halogenated alkanes) is 1. The summed E-state index contributed by atoms with van der Waals surface area (Å²) in [5.41, 5.74) is 5.77. The van der Waals surface area contributed by atoms with Crippen molar-refractivity contribution in [2.24, 2.45) is 5.73 Å². The fourth-order valence-electron chi connectivity index (χ4n) is 2.09. The number of hydrogen-bond donors (Lipinski definition) is 2. The molecule has 0 bridgehead atoms. The Kier molecular flexibility index (Phi) is 5.51. The molecular weight excluding hydrogens is 309 g/mol. The number of rotatable bonds is 6. The van der Waals surface area contributed by atoms with Crippen molar-refractivity contribution < 1.29 is 13.7 Å². The molecule has 0 fully saturated rings. The lowest BCUT2D eigenvalue weighted by Gasteiger charge is -2.07. The average Bonchev–Trinajstić information content (AvgIpc) is 2.85. The predicted molar refractivity (Wildman–Crippen MR) is 82.3 cm³/mol. The molecule has 0 unspecified atom stereocenters. The van der Waals surface area contributed by atoms with Gasteiger partial charge in [-0.25, -0.2) is 4.39 Å². The quantitative estimate of drug-likeness (QED) is 0.800. The summed E-state index contributed by atoms with van der Waals surface area (Å²) in [6.45, 7) is 2.64. The molecule has 1 aromatic heterocycles. The second-order valence-electron chi connectivity index (χ2n) is 4.81. The molecule has 0 spiro atoms. The molecule has 3 N–H and O–H groups in total. The van der Waals surface area contributed by atoms with E-state index in [1.54, 1.807) is 6.92 Å². The monoisotopic (exact) mass is 325 g/mol. The van der Waals surface area contributed by atoms with Crippen molar-refractivity contribution in [1.82, 2.24) is 10.5 Å². The lowest BCUT2D eigenvalue weighted by atomic mass is 10.0. The Hall–Kier alpha value is -1.92. The maximum Gasteiger partial charge on any atom is 0.257 e. The second-order valence-corrected chi connectivity index (χ2v) is 5.22. The van der Waals surface area contributed by atoms with Crippen LogP contribution >= 0.6 is 11.6 Å². The fraction of sp³-hybridized carbons (Fsp3) is 0.333. The van der Waals surface area contributed by atoms with Crippen molar-refractivity contribution in [1.29, 1.82) is 0 Å². The molecule has 0 aliphatic rings. The molecule has 2 aromatic rings. The summed E-state index contributed by atoms with van der Waals surface area (Å²) in [6.07, 6.45) is 1.58. The first-order valence-corrected chi connectivity index (χ1v) is 7.33. The molecule has 0 aliphatic carbocycles. The number of nitrogens with one attached hydrogen (secondary N) is 1. The first kappa shape index (κ1) is 16.5. The third-order valence-electron chi connectivity index (χ3n) is 3.21. The van der Waals surface area contributed by atoms with Gasteiger partial charge in [0, 0.05) is 6.54 Å². The summed E-state index contributed by atoms with van der Waals surface area (Å²) in [4.78, 5) is 12.3. The van der Waals surface area contributed by atoms with Gasteiger partial charge in [-0.1, -0.05) is 22.8 Å². The number of halogens is 2. The summed E-state index contributed by atoms with van der Waals surface area (Å²) in [6, 6.07) is 4.28. The highest BCUT2D eigenvalue weighted by Gasteiger charge is 2.25. The van der Waals surface area contributed by atoms with Crippen LogP contribution in [0.3, 0.4) is 0 Å². The topological polar surface area (TPSA) is 81.2 Å². The third-order valence-corrected chi connectivity index (χ3v) is 3.52. The zero-order valence-electron chi connectivity index (χ0n) is 12.2. The van der Waals surface area contributed by atoms with E-state index >= 15 is 0 Å². The largest absolute Gasteiger partial charge is 0.360 e. The Morgan fingerprint density at radius 3 is 2.91 bits per heavy atom. The Morgan fingerprint density at radius 1 is 1.45 bits per heavy atom. The van der Waals surface area contributed by atoms with Crippen LogP contribution in [0.1, 0.15) is 29.0 Å². The highest BCUT2D eigenvalue weighted by molar-refractivity contribution is 6.33. The molecule has 0 radical (unpaired) electrons. The Bertz CT molecular complexity index is 653. The van der Waals surface area contributed by atoms with E-state index in [-0.39, 0.29) is 27.8 Å². The first-order chi connectivity index (χ1) is 10.6. The minimum absolute atomic E-state index is 0.0631. The Labute approximate surface area is 132 Å². The first-order valence-electron chi connectivity index (χ1n) is 6.95. The number of hydrogen-bond acceptors (Lipinski definition) is 4. The molecule has 1 heterocycles. The van der Waals surface area contributed by atoms with E-state index in [0.29, 0.717) is 18.8 Å². The smallest absolute Gasteiger partial charge is 0.257 e. The van der Waals surface area contributed by atoms with Gasteiger partial charge in [-0.3, -0.25) is 4.79 Å². The maximum absolute atomic E-state index is 14.0. The van der Waals surface area contributed by atoms with E-state index in [1.165, 1.54) is 18.2 Å². The minimum Gasteiger partial charge on any atom is -0.360 e. The Balaban J connectivity index is 2.30. The summed E-state index contributed by atoms with van der Waals surface area (Å²) in [5, 5.41) is 6.71. The van der Waals surface area contributed by atoms with Gasteiger partial charge in [-0.2, -0.15) is 0 Å². The normalized spacial score (nSPS) is 10.7. The highest BCUT2D eigenvalue weighted by Crippen LogP contribution is 2.33. The molecule has 5 nitrogen and oxygen atoms in total. The van der Waals surface area contributed by atoms with Gasteiger partial charge in [0.1, 0.15) is 22.8 Å². The van der Waals surface area contributed by atoms with Crippen LogP contribution in [0, 0.1) is 12.7 Å². The number of nitrogens with zero attached hydrogens (tertiary/aromatic N) is 1. The van der Waals surface area contributed by atoms with E-state index < -0.39 is 5.82 Å². The zero-order chi connectivity index (χ0) is 16.1. The van der Waals surface area contributed by atoms with Crippen molar-refractivity contribution in [2.75, 3.05) is 13.1 Å². The lowest BCUT2D eigenvalue weighted by Crippen LogP contribution is -2.25. The number of carbonyl (C=O) groups excluding carboxylic acids is 1. The van der Waals surface area contributed by atoms with Gasteiger partial charge in [-0.15, -0.1) is 0 Å². The summed E-state index contributed by atoms with van der Waals surface area (Å²) >= 11 is 6.03. The van der Waals surface area contributed by atoms with E-state index in [2.05, 4.69) is 10.5 Å². The van der Waals surface area contributed by atoms with E-state index in [4.69, 9.17) is 21.9 Å². The molecule has 1 amide bonds. The molecule has 0 atom stereocenters. The molecule has 2 rings (SSSR count). The van der Waals surface area contributed by atoms with Gasteiger partial charge in [0.15, 0.2) is 0 Å². The number of aryl methyl sites for hydroxylation is 1. The number of benzene rings is 1. The van der Waals surface area contributed by atoms with Gasteiger partial charge in [0.05, 0.1) is 10.6 Å². The van der Waals surface area contributed by atoms with E-state index in [1.807, 2.05) is 0 Å². The number of aromatic nitrogens is 1. The van der Waals surface area contributed by atoms with Gasteiger partial charge >= 0.3 is 0 Å². The molecule has 0 aliphatic heterocycles. The zero-order valence-corrected chi connectivity index (χ0v) is 12.9. The lowest BCUT2D eigenvalue weighted by molar-refractivity contribution is 0.0952. The molecule has 1 aromatic carbocycles. The van der Waals surface area contributed by atoms with Gasteiger partial charge < -0.3 is 15.6 Å². The van der Waals surface area contributed by atoms with E-state index in [9.17, 15) is 9.18 Å². The van der Waals surface area contributed by atoms with Crippen LogP contribution in [0.2, 0.25) is 5.02 Å². The van der Waals surface area contributed by atoms with Crippen molar-refractivity contribution in [3.63, 3.8) is 0 Å². The molecular formula is C15H17ClFN3O2. The molecule has 7 heteroatoms. The minimum atomic E-state index is -0.557. The highest BCUT2D eigenvalue weighted by atomic mass is 35.5. The van der Waals surface area contributed by atoms with Crippen LogP contribution in [-0.4, -0.2) is 24.2 Å². The van der Waals surface area contributed by atoms with Gasteiger partial charge in [0.25, 0.3) is 5.91 Å². The van der Waals surface area contributed by atoms with Crippen molar-refractivity contribution in [2.45, 2.75) is 19.8 Å². The van der Waals surface area contributed by atoms with Crippen LogP contribution in [-0.2, 0) is 0 Å². The second kappa shape index (κ2) is 7.38. The predicted octanol–water partition coefficient (Wildman–Crippen LogP) is 2.91. The summed E-state index contributed by atoms with van der Waals surface area (Å²) in [7, 11) is 0. The third kappa shape index (κ3) is 3.45. The summed E-state index contributed by atoms with van der Waals surface area (Å²) in [5.74, 6) is -0.617. The maximum atomic E-state index is 14.0. The van der Waals surface area contributed by atoms with Gasteiger partial charge in [0.2, 0.25) is 0 Å². The number of nitrogens with two attached hydrogens (primary N) is 1. The Morgan fingerprint density at radius 2 is 2.23 bits per heavy atom. The van der Waals surface area contributed by atoms with Crippen LogP contribution in [0.5, 0.6) is 0 Å². The standard InChI is InChI=1S/C15H17ClFN3O2/c1-9-12(15(21)19-8-3-2-7-18)14(20-22-9)13-10(16)5-4-6-11(13)17/h4-6H,2-3,7-8,18H2,1H3,(H,19,21). The summed E-state index contributed by atoms with van der Waals surface area (Å²) < 4.78 is 19.1. The van der Waals surface area contributed by atoms with Crippen molar-refractivity contribution >= 4 is 17.5 Å². The number of amides is 1. The van der Waals surface area contributed by atoms with Crippen molar-refractivity contribution in [3.8, 4) is 11.3 Å². The molecule has 22 heavy (non-hydrogen) atoms. The van der Waals surface area contributed by atoms with Crippen LogP contribution < -0.4 is 11.1 Å². The molecule has 0 saturated carbocycles. The number of carbonyl (C=O) groups is 1. The van der Waals surface area contributed by atoms with Crippen LogP contribution in [0.4, 0.5) is 4.39 Å². The average molecular weight is 326 g/mol. The van der Waals surface area contributed by atoms with Crippen LogP contribution in [0.25, 0.3) is 11.3 Å². The van der Waals surface area contributed by atoms with E-state index in [0.717, 1.165) is 12.8 Å². The van der Waals surface area contributed by atoms with Crippen molar-refractivity contribution in [3.05, 3.63) is 40.4 Å².